The number of methoxy groups -OCH3 is 1. The molecule has 0 atom stereocenters. The van der Waals surface area contributed by atoms with Crippen molar-refractivity contribution in [1.29, 1.82) is 0 Å². The van der Waals surface area contributed by atoms with E-state index < -0.39 is 0 Å². The number of ether oxygens (including phenoxy) is 1. The summed E-state index contributed by atoms with van der Waals surface area (Å²) < 4.78 is 5.21. The molecule has 1 aliphatic heterocycles. The average molecular weight is 409 g/mol. The van der Waals surface area contributed by atoms with E-state index in [1.54, 1.807) is 13.2 Å². The highest BCUT2D eigenvalue weighted by Crippen LogP contribution is 2.26. The fourth-order valence-electron chi connectivity index (χ4n) is 3.38. The SMILES string of the molecule is COc1cccc(C(=O)N2CCN(c3ccc(-c4ccccc4Cl)nn3)CC2)c1. The topological polar surface area (TPSA) is 58.6 Å². The van der Waals surface area contributed by atoms with E-state index >= 15 is 0 Å². The summed E-state index contributed by atoms with van der Waals surface area (Å²) in [4.78, 5) is 16.8. The second-order valence-corrected chi connectivity index (χ2v) is 7.18. The Bertz CT molecular complexity index is 1000. The molecule has 7 heteroatoms. The standard InChI is InChI=1S/C22H21ClN4O2/c1-29-17-6-4-5-16(15-17)22(28)27-13-11-26(12-14-27)21-10-9-20(24-25-21)18-7-2-3-8-19(18)23/h2-10,15H,11-14H2,1H3. The van der Waals surface area contributed by atoms with E-state index in [1.165, 1.54) is 0 Å². The lowest BCUT2D eigenvalue weighted by Gasteiger charge is -2.35. The Hall–Kier alpha value is -3.12. The van der Waals surface area contributed by atoms with Crippen LogP contribution < -0.4 is 9.64 Å². The van der Waals surface area contributed by atoms with E-state index in [2.05, 4.69) is 15.1 Å². The molecule has 0 spiro atoms. The number of benzene rings is 2. The van der Waals surface area contributed by atoms with Crippen LogP contribution in [0.4, 0.5) is 5.82 Å². The summed E-state index contributed by atoms with van der Waals surface area (Å²) in [5.74, 6) is 1.50. The third-order valence-corrected chi connectivity index (χ3v) is 5.34. The number of nitrogens with zero attached hydrogens (tertiary/aromatic N) is 4. The molecule has 3 aromatic rings. The van der Waals surface area contributed by atoms with Crippen LogP contribution in [0.5, 0.6) is 5.75 Å². The number of amides is 1. The smallest absolute Gasteiger partial charge is 0.254 e. The summed E-state index contributed by atoms with van der Waals surface area (Å²) in [6.07, 6.45) is 0. The number of rotatable bonds is 4. The molecule has 1 aromatic heterocycles. The molecular weight excluding hydrogens is 388 g/mol. The monoisotopic (exact) mass is 408 g/mol. The maximum atomic E-state index is 12.8. The number of anilines is 1. The molecule has 2 heterocycles. The summed E-state index contributed by atoms with van der Waals surface area (Å²) >= 11 is 6.24. The lowest BCUT2D eigenvalue weighted by molar-refractivity contribution is 0.0746. The van der Waals surface area contributed by atoms with Gasteiger partial charge in [0.25, 0.3) is 5.91 Å². The molecule has 0 aliphatic carbocycles. The lowest BCUT2D eigenvalue weighted by atomic mass is 10.1. The van der Waals surface area contributed by atoms with Crippen LogP contribution >= 0.6 is 11.6 Å². The minimum absolute atomic E-state index is 0.0173. The first-order chi connectivity index (χ1) is 14.2. The highest BCUT2D eigenvalue weighted by Gasteiger charge is 2.23. The Morgan fingerprint density at radius 3 is 2.45 bits per heavy atom. The normalized spacial score (nSPS) is 14.0. The third kappa shape index (κ3) is 4.17. The molecule has 1 aliphatic rings. The highest BCUT2D eigenvalue weighted by molar-refractivity contribution is 6.33. The summed E-state index contributed by atoms with van der Waals surface area (Å²) in [6.45, 7) is 2.67. The van der Waals surface area contributed by atoms with E-state index in [1.807, 2.05) is 59.5 Å². The van der Waals surface area contributed by atoms with Crippen molar-refractivity contribution in [2.75, 3.05) is 38.2 Å². The minimum atomic E-state index is 0.0173. The second-order valence-electron chi connectivity index (χ2n) is 6.77. The number of carbonyl (C=O) groups is 1. The molecule has 1 saturated heterocycles. The predicted octanol–water partition coefficient (Wildman–Crippen LogP) is 3.77. The quantitative estimate of drug-likeness (QED) is 0.657. The molecule has 4 rings (SSSR count). The summed E-state index contributed by atoms with van der Waals surface area (Å²) in [6, 6.07) is 18.7. The largest absolute Gasteiger partial charge is 0.497 e. The van der Waals surface area contributed by atoms with Gasteiger partial charge in [-0.25, -0.2) is 0 Å². The van der Waals surface area contributed by atoms with Gasteiger partial charge in [-0.15, -0.1) is 10.2 Å². The molecular formula is C22H21ClN4O2. The number of hydrogen-bond donors (Lipinski definition) is 0. The Kier molecular flexibility index (Phi) is 5.62. The Balaban J connectivity index is 1.40. The zero-order valence-corrected chi connectivity index (χ0v) is 16.8. The molecule has 2 aromatic carbocycles. The van der Waals surface area contributed by atoms with E-state index in [0.29, 0.717) is 42.5 Å². The molecule has 0 N–H and O–H groups in total. The number of aromatic nitrogens is 2. The first-order valence-corrected chi connectivity index (χ1v) is 9.80. The van der Waals surface area contributed by atoms with Crippen molar-refractivity contribution in [3.8, 4) is 17.0 Å². The number of halogens is 1. The van der Waals surface area contributed by atoms with Crippen molar-refractivity contribution in [3.63, 3.8) is 0 Å². The van der Waals surface area contributed by atoms with Crippen LogP contribution in [-0.4, -0.2) is 54.3 Å². The number of carbonyl (C=O) groups excluding carboxylic acids is 1. The first kappa shape index (κ1) is 19.2. The second kappa shape index (κ2) is 8.49. The molecule has 148 valence electrons. The predicted molar refractivity (Wildman–Crippen MR) is 114 cm³/mol. The van der Waals surface area contributed by atoms with Gasteiger partial charge in [0.2, 0.25) is 0 Å². The van der Waals surface area contributed by atoms with Crippen LogP contribution in [0.2, 0.25) is 5.02 Å². The van der Waals surface area contributed by atoms with Gasteiger partial charge in [-0.05, 0) is 36.4 Å². The number of piperazine rings is 1. The van der Waals surface area contributed by atoms with Gasteiger partial charge in [-0.2, -0.15) is 0 Å². The average Bonchev–Trinajstić information content (AvgIpc) is 2.79. The van der Waals surface area contributed by atoms with Crippen LogP contribution in [0, 0.1) is 0 Å². The van der Waals surface area contributed by atoms with Crippen LogP contribution in [-0.2, 0) is 0 Å². The molecule has 0 saturated carbocycles. The first-order valence-electron chi connectivity index (χ1n) is 9.42. The molecule has 0 unspecified atom stereocenters. The third-order valence-electron chi connectivity index (χ3n) is 5.01. The molecule has 6 nitrogen and oxygen atoms in total. The molecule has 0 bridgehead atoms. The lowest BCUT2D eigenvalue weighted by Crippen LogP contribution is -2.49. The molecule has 1 amide bonds. The van der Waals surface area contributed by atoms with Crippen LogP contribution in [0.15, 0.2) is 60.7 Å². The summed E-state index contributed by atoms with van der Waals surface area (Å²) in [7, 11) is 1.60. The zero-order chi connectivity index (χ0) is 20.2. The van der Waals surface area contributed by atoms with Crippen molar-refractivity contribution in [3.05, 3.63) is 71.2 Å². The summed E-state index contributed by atoms with van der Waals surface area (Å²) in [5.41, 5.74) is 2.25. The Morgan fingerprint density at radius 2 is 1.76 bits per heavy atom. The van der Waals surface area contributed by atoms with Crippen molar-refractivity contribution in [2.24, 2.45) is 0 Å². The zero-order valence-electron chi connectivity index (χ0n) is 16.1. The van der Waals surface area contributed by atoms with E-state index in [0.717, 1.165) is 17.1 Å². The van der Waals surface area contributed by atoms with Gasteiger partial charge in [-0.3, -0.25) is 4.79 Å². The van der Waals surface area contributed by atoms with E-state index in [-0.39, 0.29) is 5.91 Å². The van der Waals surface area contributed by atoms with Gasteiger partial charge >= 0.3 is 0 Å². The maximum Gasteiger partial charge on any atom is 0.254 e. The van der Waals surface area contributed by atoms with Gasteiger partial charge in [0.05, 0.1) is 17.8 Å². The van der Waals surface area contributed by atoms with Gasteiger partial charge in [0.15, 0.2) is 5.82 Å². The van der Waals surface area contributed by atoms with Crippen LogP contribution in [0.1, 0.15) is 10.4 Å². The molecule has 1 fully saturated rings. The van der Waals surface area contributed by atoms with Gasteiger partial charge in [0.1, 0.15) is 5.75 Å². The van der Waals surface area contributed by atoms with Gasteiger partial charge < -0.3 is 14.5 Å². The van der Waals surface area contributed by atoms with Crippen LogP contribution in [0.25, 0.3) is 11.3 Å². The van der Waals surface area contributed by atoms with E-state index in [9.17, 15) is 4.79 Å². The van der Waals surface area contributed by atoms with Crippen molar-refractivity contribution in [2.45, 2.75) is 0 Å². The Labute approximate surface area is 174 Å². The molecule has 0 radical (unpaired) electrons. The maximum absolute atomic E-state index is 12.8. The van der Waals surface area contributed by atoms with Crippen LogP contribution in [0.3, 0.4) is 0 Å². The van der Waals surface area contributed by atoms with Gasteiger partial charge in [-0.1, -0.05) is 35.9 Å². The van der Waals surface area contributed by atoms with Crippen molar-refractivity contribution >= 4 is 23.3 Å². The molecule has 29 heavy (non-hydrogen) atoms. The van der Waals surface area contributed by atoms with E-state index in [4.69, 9.17) is 16.3 Å². The number of hydrogen-bond acceptors (Lipinski definition) is 5. The Morgan fingerprint density at radius 1 is 0.966 bits per heavy atom. The summed E-state index contributed by atoms with van der Waals surface area (Å²) in [5, 5.41) is 9.36. The minimum Gasteiger partial charge on any atom is -0.497 e. The fraction of sp³-hybridized carbons (Fsp3) is 0.227. The van der Waals surface area contributed by atoms with Gasteiger partial charge in [0, 0.05) is 37.3 Å². The fourth-order valence-corrected chi connectivity index (χ4v) is 3.62. The van der Waals surface area contributed by atoms with Crippen molar-refractivity contribution in [1.82, 2.24) is 15.1 Å². The van der Waals surface area contributed by atoms with Crippen molar-refractivity contribution < 1.29 is 9.53 Å². The highest BCUT2D eigenvalue weighted by atomic mass is 35.5.